The number of aromatic nitrogens is 1. The number of hydrogen-bond acceptors (Lipinski definition) is 3. The molecule has 3 aromatic rings. The summed E-state index contributed by atoms with van der Waals surface area (Å²) in [5, 5.41) is 3.77. The number of rotatable bonds is 3. The molecule has 5 heteroatoms. The summed E-state index contributed by atoms with van der Waals surface area (Å²) in [6.07, 6.45) is 4.18. The summed E-state index contributed by atoms with van der Waals surface area (Å²) < 4.78 is 17.1. The molecule has 1 aliphatic heterocycles. The Morgan fingerprint density at radius 1 is 1.04 bits per heavy atom. The maximum atomic E-state index is 15.0. The Kier molecular flexibility index (Phi) is 3.97. The molecule has 2 fully saturated rings. The number of fused-ring (bicyclic) bond motifs is 1. The summed E-state index contributed by atoms with van der Waals surface area (Å²) in [5.74, 6) is -0.311. The third-order valence-corrected chi connectivity index (χ3v) is 5.58. The van der Waals surface area contributed by atoms with E-state index in [0.29, 0.717) is 22.7 Å². The van der Waals surface area contributed by atoms with Gasteiger partial charge in [-0.2, -0.15) is 0 Å². The second kappa shape index (κ2) is 6.50. The quantitative estimate of drug-likeness (QED) is 0.773. The van der Waals surface area contributed by atoms with Crippen molar-refractivity contribution < 1.29 is 4.39 Å². The maximum Gasteiger partial charge on any atom is 0.197 e. The number of anilines is 1. The van der Waals surface area contributed by atoms with Crippen molar-refractivity contribution in [2.24, 2.45) is 0 Å². The van der Waals surface area contributed by atoms with Crippen LogP contribution in [0.4, 0.5) is 10.1 Å². The summed E-state index contributed by atoms with van der Waals surface area (Å²) in [6.45, 7) is 3.25. The molecule has 5 rings (SSSR count). The standard InChI is InChI=1S/C22H22FN3O/c23-19-12-17-20(13-21(19)25-10-8-24-9-11-25)26(16-6-7-16)14-18(22(17)27)15-4-2-1-3-5-15/h1-5,12-14,16,24H,6-11H2. The van der Waals surface area contributed by atoms with E-state index in [2.05, 4.69) is 14.8 Å². The van der Waals surface area contributed by atoms with Gasteiger partial charge in [-0.15, -0.1) is 0 Å². The Hall–Kier alpha value is -2.66. The van der Waals surface area contributed by atoms with E-state index in [4.69, 9.17) is 0 Å². The Bertz CT molecular complexity index is 1050. The van der Waals surface area contributed by atoms with Crippen molar-refractivity contribution in [2.45, 2.75) is 18.9 Å². The van der Waals surface area contributed by atoms with Crippen molar-refractivity contribution in [3.05, 3.63) is 64.7 Å². The van der Waals surface area contributed by atoms with Gasteiger partial charge in [0, 0.05) is 49.4 Å². The van der Waals surface area contributed by atoms with E-state index in [1.165, 1.54) is 6.07 Å². The fourth-order valence-corrected chi connectivity index (χ4v) is 3.98. The molecule has 2 heterocycles. The zero-order valence-corrected chi connectivity index (χ0v) is 15.1. The van der Waals surface area contributed by atoms with Gasteiger partial charge < -0.3 is 14.8 Å². The van der Waals surface area contributed by atoms with E-state index in [1.54, 1.807) is 0 Å². The molecular formula is C22H22FN3O. The van der Waals surface area contributed by atoms with Crippen molar-refractivity contribution in [3.63, 3.8) is 0 Å². The molecule has 1 aliphatic carbocycles. The predicted molar refractivity (Wildman–Crippen MR) is 107 cm³/mol. The molecule has 1 N–H and O–H groups in total. The minimum atomic E-state index is -0.311. The van der Waals surface area contributed by atoms with Gasteiger partial charge in [0.05, 0.1) is 11.2 Å². The number of hydrogen-bond donors (Lipinski definition) is 1. The van der Waals surface area contributed by atoms with Crippen LogP contribution in [0.1, 0.15) is 18.9 Å². The normalized spacial score (nSPS) is 17.4. The van der Waals surface area contributed by atoms with Gasteiger partial charge in [-0.05, 0) is 30.5 Å². The lowest BCUT2D eigenvalue weighted by Crippen LogP contribution is -2.43. The molecule has 0 unspecified atom stereocenters. The molecule has 1 saturated heterocycles. The average molecular weight is 363 g/mol. The molecule has 0 atom stereocenters. The van der Waals surface area contributed by atoms with Gasteiger partial charge in [-0.1, -0.05) is 30.3 Å². The minimum absolute atomic E-state index is 0.0983. The molecule has 2 aromatic carbocycles. The number of nitrogens with one attached hydrogen (secondary N) is 1. The largest absolute Gasteiger partial charge is 0.367 e. The van der Waals surface area contributed by atoms with E-state index >= 15 is 0 Å². The highest BCUT2D eigenvalue weighted by Gasteiger charge is 2.27. The second-order valence-electron chi connectivity index (χ2n) is 7.43. The van der Waals surface area contributed by atoms with Crippen LogP contribution in [0.25, 0.3) is 22.0 Å². The summed E-state index contributed by atoms with van der Waals surface area (Å²) in [4.78, 5) is 15.2. The Labute approximate surface area is 157 Å². The number of piperazine rings is 1. The summed E-state index contributed by atoms with van der Waals surface area (Å²) in [6, 6.07) is 13.4. The van der Waals surface area contributed by atoms with Crippen LogP contribution in [0.15, 0.2) is 53.5 Å². The van der Waals surface area contributed by atoms with Gasteiger partial charge in [0.1, 0.15) is 5.82 Å². The van der Waals surface area contributed by atoms with Crippen LogP contribution in [-0.2, 0) is 0 Å². The molecule has 27 heavy (non-hydrogen) atoms. The predicted octanol–water partition coefficient (Wildman–Crippen LogP) is 3.55. The lowest BCUT2D eigenvalue weighted by Gasteiger charge is -2.30. The van der Waals surface area contributed by atoms with Crippen LogP contribution in [0, 0.1) is 5.82 Å². The number of halogens is 1. The first-order chi connectivity index (χ1) is 13.2. The maximum absolute atomic E-state index is 15.0. The first kappa shape index (κ1) is 16.5. The fraction of sp³-hybridized carbons (Fsp3) is 0.318. The molecule has 0 bridgehead atoms. The van der Waals surface area contributed by atoms with E-state index in [-0.39, 0.29) is 11.2 Å². The van der Waals surface area contributed by atoms with Crippen LogP contribution in [0.5, 0.6) is 0 Å². The van der Waals surface area contributed by atoms with Crippen LogP contribution in [0.3, 0.4) is 0 Å². The van der Waals surface area contributed by atoms with E-state index in [1.807, 2.05) is 42.6 Å². The van der Waals surface area contributed by atoms with Gasteiger partial charge in [-0.25, -0.2) is 4.39 Å². The highest BCUT2D eigenvalue weighted by Crippen LogP contribution is 2.39. The Morgan fingerprint density at radius 2 is 1.78 bits per heavy atom. The van der Waals surface area contributed by atoms with Crippen LogP contribution < -0.4 is 15.6 Å². The molecule has 4 nitrogen and oxygen atoms in total. The SMILES string of the molecule is O=c1c(-c2ccccc2)cn(C2CC2)c2cc(N3CCNCC3)c(F)cc12. The smallest absolute Gasteiger partial charge is 0.197 e. The van der Waals surface area contributed by atoms with Crippen molar-refractivity contribution in [1.82, 2.24) is 9.88 Å². The van der Waals surface area contributed by atoms with Crippen LogP contribution in [0.2, 0.25) is 0 Å². The second-order valence-corrected chi connectivity index (χ2v) is 7.43. The summed E-state index contributed by atoms with van der Waals surface area (Å²) in [7, 11) is 0. The molecule has 0 spiro atoms. The van der Waals surface area contributed by atoms with Gasteiger partial charge in [0.2, 0.25) is 0 Å². The highest BCUT2D eigenvalue weighted by atomic mass is 19.1. The summed E-state index contributed by atoms with van der Waals surface area (Å²) in [5.41, 5.74) is 2.87. The van der Waals surface area contributed by atoms with Crippen molar-refractivity contribution in [3.8, 4) is 11.1 Å². The van der Waals surface area contributed by atoms with Gasteiger partial charge >= 0.3 is 0 Å². The summed E-state index contributed by atoms with van der Waals surface area (Å²) >= 11 is 0. The number of nitrogens with zero attached hydrogens (tertiary/aromatic N) is 2. The first-order valence-electron chi connectivity index (χ1n) is 9.62. The third-order valence-electron chi connectivity index (χ3n) is 5.58. The number of benzene rings is 2. The van der Waals surface area contributed by atoms with Gasteiger partial charge in [-0.3, -0.25) is 4.79 Å². The first-order valence-corrected chi connectivity index (χ1v) is 9.62. The van der Waals surface area contributed by atoms with Gasteiger partial charge in [0.25, 0.3) is 0 Å². The van der Waals surface area contributed by atoms with Crippen molar-refractivity contribution in [2.75, 3.05) is 31.1 Å². The third kappa shape index (κ3) is 2.92. The Balaban J connectivity index is 1.73. The molecule has 0 amide bonds. The van der Waals surface area contributed by atoms with E-state index in [9.17, 15) is 9.18 Å². The fourth-order valence-electron chi connectivity index (χ4n) is 3.98. The van der Waals surface area contributed by atoms with E-state index in [0.717, 1.165) is 50.1 Å². The molecule has 138 valence electrons. The zero-order chi connectivity index (χ0) is 18.4. The zero-order valence-electron chi connectivity index (χ0n) is 15.1. The molecule has 1 saturated carbocycles. The highest BCUT2D eigenvalue weighted by molar-refractivity contribution is 5.87. The number of pyridine rings is 1. The monoisotopic (exact) mass is 363 g/mol. The van der Waals surface area contributed by atoms with Crippen molar-refractivity contribution >= 4 is 16.6 Å². The lowest BCUT2D eigenvalue weighted by atomic mass is 10.0. The topological polar surface area (TPSA) is 37.3 Å². The molecular weight excluding hydrogens is 341 g/mol. The average Bonchev–Trinajstić information content (AvgIpc) is 3.55. The van der Waals surface area contributed by atoms with Gasteiger partial charge in [0.15, 0.2) is 5.43 Å². The lowest BCUT2D eigenvalue weighted by molar-refractivity contribution is 0.567. The molecule has 1 aromatic heterocycles. The van der Waals surface area contributed by atoms with Crippen LogP contribution in [-0.4, -0.2) is 30.7 Å². The van der Waals surface area contributed by atoms with Crippen LogP contribution >= 0.6 is 0 Å². The molecule has 2 aliphatic rings. The van der Waals surface area contributed by atoms with Crippen molar-refractivity contribution in [1.29, 1.82) is 0 Å². The van der Waals surface area contributed by atoms with E-state index < -0.39 is 0 Å². The Morgan fingerprint density at radius 3 is 2.48 bits per heavy atom. The molecule has 0 radical (unpaired) electrons. The minimum Gasteiger partial charge on any atom is -0.367 e.